The van der Waals surface area contributed by atoms with E-state index in [1.54, 1.807) is 6.08 Å². The van der Waals surface area contributed by atoms with Crippen LogP contribution in [0, 0.1) is 20.8 Å². The molecule has 1 aromatic heterocycles. The Morgan fingerprint density at radius 1 is 1.24 bits per heavy atom. The van der Waals surface area contributed by atoms with Gasteiger partial charge in [0.1, 0.15) is 0 Å². The van der Waals surface area contributed by atoms with Gasteiger partial charge in [-0.1, -0.05) is 29.8 Å². The van der Waals surface area contributed by atoms with Gasteiger partial charge in [0.2, 0.25) is 5.91 Å². The maximum absolute atomic E-state index is 12.2. The van der Waals surface area contributed by atoms with E-state index < -0.39 is 0 Å². The molecule has 0 aliphatic rings. The summed E-state index contributed by atoms with van der Waals surface area (Å²) in [4.78, 5) is 14.3. The minimum Gasteiger partial charge on any atom is -0.351 e. The van der Waals surface area contributed by atoms with Crippen LogP contribution < -0.4 is 5.32 Å². The minimum absolute atomic E-state index is 0.0957. The second-order valence-electron chi connectivity index (χ2n) is 6.68. The van der Waals surface area contributed by atoms with E-state index >= 15 is 0 Å². The molecule has 25 heavy (non-hydrogen) atoms. The number of carbonyl (C=O) groups excluding carboxylic acids is 1. The second kappa shape index (κ2) is 8.12. The zero-order valence-electron chi connectivity index (χ0n) is 16.0. The Balaban J connectivity index is 2.01. The van der Waals surface area contributed by atoms with Crippen LogP contribution >= 0.6 is 0 Å². The molecule has 1 atom stereocenters. The summed E-state index contributed by atoms with van der Waals surface area (Å²) in [5, 5.41) is 7.36. The van der Waals surface area contributed by atoms with Gasteiger partial charge in [0.25, 0.3) is 0 Å². The van der Waals surface area contributed by atoms with Gasteiger partial charge in [-0.05, 0) is 46.5 Å². The molecule has 1 aromatic carbocycles. The van der Waals surface area contributed by atoms with Gasteiger partial charge >= 0.3 is 0 Å². The summed E-state index contributed by atoms with van der Waals surface area (Å²) in [5.74, 6) is -0.0957. The van der Waals surface area contributed by atoms with E-state index in [-0.39, 0.29) is 11.9 Å². The quantitative estimate of drug-likeness (QED) is 0.823. The molecule has 0 unspecified atom stereocenters. The monoisotopic (exact) mass is 340 g/mol. The molecule has 2 aromatic rings. The number of benzene rings is 1. The maximum Gasteiger partial charge on any atom is 0.244 e. The number of nitrogens with zero attached hydrogens (tertiary/aromatic N) is 3. The predicted octanol–water partition coefficient (Wildman–Crippen LogP) is 2.78. The van der Waals surface area contributed by atoms with Crippen molar-refractivity contribution in [2.24, 2.45) is 7.05 Å². The summed E-state index contributed by atoms with van der Waals surface area (Å²) in [7, 11) is 5.95. The van der Waals surface area contributed by atoms with Gasteiger partial charge in [0.05, 0.1) is 11.7 Å². The molecular weight excluding hydrogens is 312 g/mol. The van der Waals surface area contributed by atoms with Crippen molar-refractivity contribution in [3.8, 4) is 0 Å². The molecule has 0 radical (unpaired) electrons. The molecule has 5 nitrogen and oxygen atoms in total. The minimum atomic E-state index is -0.0957. The first-order valence-electron chi connectivity index (χ1n) is 8.48. The molecule has 0 bridgehead atoms. The summed E-state index contributed by atoms with van der Waals surface area (Å²) in [6.07, 6.45) is 3.42. The molecule has 2 rings (SSSR count). The highest BCUT2D eigenvalue weighted by Gasteiger charge is 2.14. The van der Waals surface area contributed by atoms with E-state index in [2.05, 4.69) is 46.5 Å². The predicted molar refractivity (Wildman–Crippen MR) is 102 cm³/mol. The van der Waals surface area contributed by atoms with E-state index in [0.717, 1.165) is 17.0 Å². The first-order valence-corrected chi connectivity index (χ1v) is 8.48. The van der Waals surface area contributed by atoms with Crippen LogP contribution in [0.4, 0.5) is 0 Å². The normalized spacial score (nSPS) is 12.8. The van der Waals surface area contributed by atoms with Gasteiger partial charge in [-0.2, -0.15) is 5.10 Å². The van der Waals surface area contributed by atoms with Crippen molar-refractivity contribution < 1.29 is 4.79 Å². The molecule has 0 saturated heterocycles. The third-order valence-electron chi connectivity index (χ3n) is 4.52. The maximum atomic E-state index is 12.2. The van der Waals surface area contributed by atoms with Crippen molar-refractivity contribution >= 4 is 12.0 Å². The number of carbonyl (C=O) groups is 1. The standard InChI is InChI=1S/C20H28N4O/c1-14-7-9-17(10-8-14)19(23(4)5)13-21-20(25)12-11-18-15(2)22-24(6)16(18)3/h7-12,19H,13H2,1-6H3,(H,21,25)/b12-11+/t19-/m1/s1. The zero-order chi connectivity index (χ0) is 18.6. The molecule has 1 amide bonds. The Labute approximate surface area is 150 Å². The van der Waals surface area contributed by atoms with Crippen LogP contribution in [0.2, 0.25) is 0 Å². The average molecular weight is 340 g/mol. The molecule has 0 spiro atoms. The fraction of sp³-hybridized carbons (Fsp3) is 0.400. The first kappa shape index (κ1) is 18.9. The van der Waals surface area contributed by atoms with Crippen LogP contribution in [0.25, 0.3) is 6.08 Å². The van der Waals surface area contributed by atoms with Crippen LogP contribution in [0.3, 0.4) is 0 Å². The number of aryl methyl sites for hydroxylation is 3. The molecule has 0 aliphatic carbocycles. The molecule has 0 saturated carbocycles. The van der Waals surface area contributed by atoms with Crippen molar-refractivity contribution in [1.82, 2.24) is 20.0 Å². The van der Waals surface area contributed by atoms with Gasteiger partial charge in [0.15, 0.2) is 0 Å². The lowest BCUT2D eigenvalue weighted by atomic mass is 10.0. The lowest BCUT2D eigenvalue weighted by Gasteiger charge is -2.25. The molecule has 1 N–H and O–H groups in total. The number of likely N-dealkylation sites (N-methyl/N-ethyl adjacent to an activating group) is 1. The Hall–Kier alpha value is -2.40. The number of aromatic nitrogens is 2. The van der Waals surface area contributed by atoms with Crippen LogP contribution in [0.15, 0.2) is 30.3 Å². The molecule has 0 fully saturated rings. The fourth-order valence-corrected chi connectivity index (χ4v) is 2.83. The molecular formula is C20H28N4O. The summed E-state index contributed by atoms with van der Waals surface area (Å²) < 4.78 is 1.83. The van der Waals surface area contributed by atoms with Crippen molar-refractivity contribution in [2.45, 2.75) is 26.8 Å². The lowest BCUT2D eigenvalue weighted by molar-refractivity contribution is -0.116. The summed E-state index contributed by atoms with van der Waals surface area (Å²) >= 11 is 0. The van der Waals surface area contributed by atoms with E-state index in [0.29, 0.717) is 6.54 Å². The van der Waals surface area contributed by atoms with Gasteiger partial charge in [0, 0.05) is 30.9 Å². The van der Waals surface area contributed by atoms with E-state index in [9.17, 15) is 4.79 Å². The van der Waals surface area contributed by atoms with Gasteiger partial charge < -0.3 is 10.2 Å². The van der Waals surface area contributed by atoms with Crippen molar-refractivity contribution in [1.29, 1.82) is 0 Å². The Morgan fingerprint density at radius 3 is 2.40 bits per heavy atom. The van der Waals surface area contributed by atoms with E-state index in [1.807, 2.05) is 45.7 Å². The van der Waals surface area contributed by atoms with Gasteiger partial charge in [-0.3, -0.25) is 9.48 Å². The Bertz CT molecular complexity index is 757. The van der Waals surface area contributed by atoms with Crippen LogP contribution in [-0.2, 0) is 11.8 Å². The van der Waals surface area contributed by atoms with Gasteiger partial charge in [-0.15, -0.1) is 0 Å². The number of nitrogens with one attached hydrogen (secondary N) is 1. The molecule has 134 valence electrons. The highest BCUT2D eigenvalue weighted by atomic mass is 16.1. The average Bonchev–Trinajstić information content (AvgIpc) is 2.79. The Kier molecular flexibility index (Phi) is 6.15. The topological polar surface area (TPSA) is 50.2 Å². The van der Waals surface area contributed by atoms with Crippen molar-refractivity contribution in [3.63, 3.8) is 0 Å². The fourth-order valence-electron chi connectivity index (χ4n) is 2.83. The van der Waals surface area contributed by atoms with Crippen molar-refractivity contribution in [2.75, 3.05) is 20.6 Å². The van der Waals surface area contributed by atoms with Crippen LogP contribution in [0.1, 0.15) is 34.1 Å². The van der Waals surface area contributed by atoms with E-state index in [1.165, 1.54) is 11.1 Å². The molecule has 5 heteroatoms. The van der Waals surface area contributed by atoms with Crippen LogP contribution in [0.5, 0.6) is 0 Å². The number of amides is 1. The first-order chi connectivity index (χ1) is 11.8. The highest BCUT2D eigenvalue weighted by Crippen LogP contribution is 2.18. The number of hydrogen-bond acceptors (Lipinski definition) is 3. The Morgan fingerprint density at radius 2 is 1.88 bits per heavy atom. The summed E-state index contributed by atoms with van der Waals surface area (Å²) in [5.41, 5.74) is 5.40. The summed E-state index contributed by atoms with van der Waals surface area (Å²) in [6.45, 7) is 6.58. The zero-order valence-corrected chi connectivity index (χ0v) is 16.0. The van der Waals surface area contributed by atoms with Gasteiger partial charge in [-0.25, -0.2) is 0 Å². The highest BCUT2D eigenvalue weighted by molar-refractivity contribution is 5.92. The number of hydrogen-bond donors (Lipinski definition) is 1. The number of rotatable bonds is 6. The molecule has 1 heterocycles. The van der Waals surface area contributed by atoms with Crippen molar-refractivity contribution in [3.05, 3.63) is 58.4 Å². The van der Waals surface area contributed by atoms with Crippen LogP contribution in [-0.4, -0.2) is 41.2 Å². The molecule has 0 aliphatic heterocycles. The second-order valence-corrected chi connectivity index (χ2v) is 6.68. The third-order valence-corrected chi connectivity index (χ3v) is 4.52. The smallest absolute Gasteiger partial charge is 0.244 e. The summed E-state index contributed by atoms with van der Waals surface area (Å²) in [6, 6.07) is 8.57. The largest absolute Gasteiger partial charge is 0.351 e. The SMILES string of the molecule is Cc1ccc([C@@H](CNC(=O)/C=C/c2c(C)nn(C)c2C)N(C)C)cc1. The lowest BCUT2D eigenvalue weighted by Crippen LogP contribution is -2.33. The van der Waals surface area contributed by atoms with E-state index in [4.69, 9.17) is 0 Å². The third kappa shape index (κ3) is 4.79.